The maximum absolute atomic E-state index is 12.5. The molecular formula is C21H27N3O4S. The Balaban J connectivity index is 1.95. The van der Waals surface area contributed by atoms with Crippen LogP contribution >= 0.6 is 0 Å². The molecule has 0 atom stereocenters. The lowest BCUT2D eigenvalue weighted by Gasteiger charge is -2.18. The summed E-state index contributed by atoms with van der Waals surface area (Å²) in [6, 6.07) is 10.8. The first-order chi connectivity index (χ1) is 13.5. The van der Waals surface area contributed by atoms with E-state index in [9.17, 15) is 18.0 Å². The number of carbonyl (C=O) groups excluding carboxylic acids is 2. The number of sulfonamides is 1. The van der Waals surface area contributed by atoms with Gasteiger partial charge in [-0.1, -0.05) is 24.3 Å². The van der Waals surface area contributed by atoms with Crippen molar-refractivity contribution >= 4 is 27.5 Å². The van der Waals surface area contributed by atoms with Gasteiger partial charge < -0.3 is 10.2 Å². The van der Waals surface area contributed by atoms with Gasteiger partial charge in [0.1, 0.15) is 0 Å². The molecule has 0 saturated heterocycles. The highest BCUT2D eigenvalue weighted by Crippen LogP contribution is 2.17. The molecule has 0 heterocycles. The van der Waals surface area contributed by atoms with Crippen molar-refractivity contribution < 1.29 is 18.0 Å². The van der Waals surface area contributed by atoms with Crippen LogP contribution in [0.1, 0.15) is 22.3 Å². The number of nitrogens with zero attached hydrogens (tertiary/aromatic N) is 1. The van der Waals surface area contributed by atoms with Crippen molar-refractivity contribution in [2.45, 2.75) is 32.6 Å². The Morgan fingerprint density at radius 1 is 0.931 bits per heavy atom. The van der Waals surface area contributed by atoms with Gasteiger partial charge in [0.15, 0.2) is 0 Å². The summed E-state index contributed by atoms with van der Waals surface area (Å²) < 4.78 is 27.3. The van der Waals surface area contributed by atoms with Gasteiger partial charge in [-0.25, -0.2) is 13.1 Å². The predicted molar refractivity (Wildman–Crippen MR) is 113 cm³/mol. The lowest BCUT2D eigenvalue weighted by molar-refractivity contribution is -0.132. The average molecular weight is 418 g/mol. The number of hydrogen-bond donors (Lipinski definition) is 2. The first-order valence-electron chi connectivity index (χ1n) is 9.17. The second kappa shape index (κ2) is 9.19. The molecule has 0 aromatic heterocycles. The summed E-state index contributed by atoms with van der Waals surface area (Å²) >= 11 is 0. The topological polar surface area (TPSA) is 95.6 Å². The normalized spacial score (nSPS) is 11.2. The monoisotopic (exact) mass is 417 g/mol. The summed E-state index contributed by atoms with van der Waals surface area (Å²) in [4.78, 5) is 25.9. The fourth-order valence-electron chi connectivity index (χ4n) is 2.73. The molecule has 7 nitrogen and oxygen atoms in total. The number of anilines is 1. The van der Waals surface area contributed by atoms with Crippen LogP contribution in [0.15, 0.2) is 41.3 Å². The summed E-state index contributed by atoms with van der Waals surface area (Å²) in [6.45, 7) is 6.69. The fourth-order valence-corrected chi connectivity index (χ4v) is 4.03. The van der Waals surface area contributed by atoms with Gasteiger partial charge in [0.25, 0.3) is 0 Å². The number of hydrogen-bond acceptors (Lipinski definition) is 4. The van der Waals surface area contributed by atoms with Gasteiger partial charge in [-0.2, -0.15) is 0 Å². The minimum atomic E-state index is -3.83. The van der Waals surface area contributed by atoms with Crippen molar-refractivity contribution in [3.05, 3.63) is 58.7 Å². The Morgan fingerprint density at radius 3 is 2.17 bits per heavy atom. The minimum Gasteiger partial charge on any atom is -0.335 e. The van der Waals surface area contributed by atoms with Crippen LogP contribution < -0.4 is 10.0 Å². The van der Waals surface area contributed by atoms with Gasteiger partial charge in [0.2, 0.25) is 21.8 Å². The van der Waals surface area contributed by atoms with Crippen LogP contribution in [0.4, 0.5) is 5.69 Å². The number of amides is 2. The van der Waals surface area contributed by atoms with E-state index in [0.29, 0.717) is 11.3 Å². The SMILES string of the molecule is Cc1ccc(C)c(NC(=O)CN(C)C(=O)CNS(=O)(=O)c2cc(C)ccc2C)c1. The van der Waals surface area contributed by atoms with E-state index in [1.54, 1.807) is 26.0 Å². The molecule has 8 heteroatoms. The zero-order valence-corrected chi connectivity index (χ0v) is 18.2. The van der Waals surface area contributed by atoms with E-state index < -0.39 is 22.5 Å². The quantitative estimate of drug-likeness (QED) is 0.723. The highest BCUT2D eigenvalue weighted by Gasteiger charge is 2.20. The van der Waals surface area contributed by atoms with Crippen LogP contribution in [-0.2, 0) is 19.6 Å². The van der Waals surface area contributed by atoms with Gasteiger partial charge in [0.05, 0.1) is 18.0 Å². The van der Waals surface area contributed by atoms with Crippen LogP contribution in [-0.4, -0.2) is 45.3 Å². The third kappa shape index (κ3) is 6.13. The summed E-state index contributed by atoms with van der Waals surface area (Å²) in [5, 5.41) is 2.78. The first kappa shape index (κ1) is 22.6. The highest BCUT2D eigenvalue weighted by molar-refractivity contribution is 7.89. The number of rotatable bonds is 7. The lowest BCUT2D eigenvalue weighted by Crippen LogP contribution is -2.41. The maximum atomic E-state index is 12.5. The van der Waals surface area contributed by atoms with Gasteiger partial charge >= 0.3 is 0 Å². The molecule has 0 saturated carbocycles. The Bertz CT molecular complexity index is 1030. The van der Waals surface area contributed by atoms with Crippen LogP contribution in [0, 0.1) is 27.7 Å². The Hall–Kier alpha value is -2.71. The molecule has 0 aliphatic heterocycles. The zero-order valence-electron chi connectivity index (χ0n) is 17.4. The molecule has 2 amide bonds. The van der Waals surface area contributed by atoms with E-state index in [1.165, 1.54) is 11.9 Å². The Kier molecular flexibility index (Phi) is 7.16. The number of nitrogens with one attached hydrogen (secondary N) is 2. The predicted octanol–water partition coefficient (Wildman–Crippen LogP) is 2.30. The molecule has 2 rings (SSSR count). The summed E-state index contributed by atoms with van der Waals surface area (Å²) in [5.74, 6) is -0.859. The summed E-state index contributed by atoms with van der Waals surface area (Å²) in [6.07, 6.45) is 0. The van der Waals surface area contributed by atoms with Gasteiger partial charge in [-0.3, -0.25) is 9.59 Å². The van der Waals surface area contributed by atoms with Gasteiger partial charge in [0, 0.05) is 12.7 Å². The van der Waals surface area contributed by atoms with Crippen LogP contribution in [0.2, 0.25) is 0 Å². The van der Waals surface area contributed by atoms with E-state index in [4.69, 9.17) is 0 Å². The van der Waals surface area contributed by atoms with Crippen molar-refractivity contribution in [2.24, 2.45) is 0 Å². The molecule has 0 fully saturated rings. The molecule has 0 aliphatic carbocycles. The molecule has 0 radical (unpaired) electrons. The van der Waals surface area contributed by atoms with Gasteiger partial charge in [-0.05, 0) is 62.1 Å². The minimum absolute atomic E-state index is 0.139. The Morgan fingerprint density at radius 2 is 1.52 bits per heavy atom. The fraction of sp³-hybridized carbons (Fsp3) is 0.333. The molecule has 2 aromatic carbocycles. The highest BCUT2D eigenvalue weighted by atomic mass is 32.2. The third-order valence-corrected chi connectivity index (χ3v) is 6.06. The van der Waals surface area contributed by atoms with E-state index in [0.717, 1.165) is 16.7 Å². The maximum Gasteiger partial charge on any atom is 0.243 e. The average Bonchev–Trinajstić information content (AvgIpc) is 2.64. The van der Waals surface area contributed by atoms with E-state index in [2.05, 4.69) is 10.0 Å². The number of likely N-dealkylation sites (N-methyl/N-ethyl adjacent to an activating group) is 1. The van der Waals surface area contributed by atoms with E-state index in [1.807, 2.05) is 38.1 Å². The second-order valence-corrected chi connectivity index (χ2v) is 8.95. The molecule has 0 unspecified atom stereocenters. The number of aryl methyl sites for hydroxylation is 4. The van der Waals surface area contributed by atoms with Crippen molar-refractivity contribution in [1.82, 2.24) is 9.62 Å². The van der Waals surface area contributed by atoms with E-state index in [-0.39, 0.29) is 17.3 Å². The largest absolute Gasteiger partial charge is 0.335 e. The molecular weight excluding hydrogens is 390 g/mol. The zero-order chi connectivity index (χ0) is 21.8. The lowest BCUT2D eigenvalue weighted by atomic mass is 10.1. The molecule has 2 N–H and O–H groups in total. The molecule has 0 bridgehead atoms. The second-order valence-electron chi connectivity index (χ2n) is 7.21. The number of carbonyl (C=O) groups is 2. The third-order valence-electron chi connectivity index (χ3n) is 4.52. The van der Waals surface area contributed by atoms with Crippen molar-refractivity contribution in [1.29, 1.82) is 0 Å². The molecule has 0 aliphatic rings. The molecule has 29 heavy (non-hydrogen) atoms. The van der Waals surface area contributed by atoms with Crippen LogP contribution in [0.5, 0.6) is 0 Å². The van der Waals surface area contributed by atoms with Crippen molar-refractivity contribution in [2.75, 3.05) is 25.5 Å². The van der Waals surface area contributed by atoms with Crippen LogP contribution in [0.25, 0.3) is 0 Å². The molecule has 2 aromatic rings. The summed E-state index contributed by atoms with van der Waals surface area (Å²) in [5.41, 5.74) is 4.02. The van der Waals surface area contributed by atoms with Crippen molar-refractivity contribution in [3.63, 3.8) is 0 Å². The summed E-state index contributed by atoms with van der Waals surface area (Å²) in [7, 11) is -2.37. The molecule has 0 spiro atoms. The van der Waals surface area contributed by atoms with Crippen molar-refractivity contribution in [3.8, 4) is 0 Å². The standard InChI is InChI=1S/C21H27N3O4S/c1-14-6-8-16(3)18(10-14)23-20(25)13-24(5)21(26)12-22-29(27,28)19-11-15(2)7-9-17(19)4/h6-11,22H,12-13H2,1-5H3,(H,23,25). The van der Waals surface area contributed by atoms with Crippen LogP contribution in [0.3, 0.4) is 0 Å². The van der Waals surface area contributed by atoms with E-state index >= 15 is 0 Å². The Labute approximate surface area is 172 Å². The molecule has 156 valence electrons. The van der Waals surface area contributed by atoms with Gasteiger partial charge in [-0.15, -0.1) is 0 Å². The smallest absolute Gasteiger partial charge is 0.243 e. The first-order valence-corrected chi connectivity index (χ1v) is 10.7. The number of benzene rings is 2.